The lowest BCUT2D eigenvalue weighted by atomic mass is 9.85. The maximum Gasteiger partial charge on any atom is 0.221 e. The van der Waals surface area contributed by atoms with Gasteiger partial charge in [-0.05, 0) is 38.0 Å². The molecule has 1 saturated carbocycles. The number of piperidine rings is 1. The molecular weight excluding hydrogens is 292 g/mol. The number of rotatable bonds is 4. The van der Waals surface area contributed by atoms with Gasteiger partial charge in [-0.3, -0.25) is 9.69 Å². The Morgan fingerprint density at radius 3 is 2.61 bits per heavy atom. The number of amides is 1. The second kappa shape index (κ2) is 5.91. The molecule has 3 nitrogen and oxygen atoms in total. The van der Waals surface area contributed by atoms with Gasteiger partial charge in [-0.2, -0.15) is 0 Å². The molecule has 2 aliphatic rings. The van der Waals surface area contributed by atoms with Gasteiger partial charge < -0.3 is 5.73 Å². The van der Waals surface area contributed by atoms with Crippen LogP contribution < -0.4 is 5.73 Å². The third-order valence-corrected chi connectivity index (χ3v) is 6.09. The van der Waals surface area contributed by atoms with E-state index < -0.39 is 0 Å². The Labute approximate surface area is 119 Å². The van der Waals surface area contributed by atoms with Crippen molar-refractivity contribution >= 4 is 21.8 Å². The van der Waals surface area contributed by atoms with Crippen LogP contribution in [-0.2, 0) is 4.79 Å². The first kappa shape index (κ1) is 14.3. The first-order valence-corrected chi connectivity index (χ1v) is 8.28. The van der Waals surface area contributed by atoms with Gasteiger partial charge >= 0.3 is 0 Å². The number of nitrogens with two attached hydrogens (primary N) is 1. The lowest BCUT2D eigenvalue weighted by Gasteiger charge is -2.42. The van der Waals surface area contributed by atoms with Crippen LogP contribution in [0.25, 0.3) is 0 Å². The van der Waals surface area contributed by atoms with E-state index in [-0.39, 0.29) is 11.8 Å². The van der Waals surface area contributed by atoms with Gasteiger partial charge in [-0.1, -0.05) is 28.8 Å². The molecule has 1 aliphatic carbocycles. The normalized spacial score (nSPS) is 32.6. The average Bonchev–Trinajstić information content (AvgIpc) is 2.81. The fourth-order valence-corrected chi connectivity index (χ4v) is 4.26. The first-order chi connectivity index (χ1) is 8.56. The molecule has 2 unspecified atom stereocenters. The molecule has 0 radical (unpaired) electrons. The monoisotopic (exact) mass is 316 g/mol. The molecule has 0 aromatic rings. The molecule has 1 saturated heterocycles. The van der Waals surface area contributed by atoms with Crippen molar-refractivity contribution in [2.45, 2.75) is 51.5 Å². The highest BCUT2D eigenvalue weighted by Gasteiger charge is 2.38. The van der Waals surface area contributed by atoms with Crippen LogP contribution >= 0.6 is 15.9 Å². The Hall–Kier alpha value is -0.0900. The summed E-state index contributed by atoms with van der Waals surface area (Å²) >= 11 is 3.71. The van der Waals surface area contributed by atoms with Crippen molar-refractivity contribution in [1.29, 1.82) is 0 Å². The molecular formula is C14H25BrN2O. The highest BCUT2D eigenvalue weighted by molar-refractivity contribution is 9.09. The minimum absolute atomic E-state index is 0.0648. The van der Waals surface area contributed by atoms with Crippen molar-refractivity contribution < 1.29 is 4.79 Å². The summed E-state index contributed by atoms with van der Waals surface area (Å²) in [7, 11) is 0. The van der Waals surface area contributed by atoms with Crippen molar-refractivity contribution in [1.82, 2.24) is 4.90 Å². The standard InChI is InChI=1S/C14H25BrN2O/c1-11-4-5-12(13(16)18)8-17(11)10-14(9-15)6-2-3-7-14/h11-12H,2-10H2,1H3,(H2,16,18). The van der Waals surface area contributed by atoms with E-state index in [0.717, 1.165) is 31.3 Å². The summed E-state index contributed by atoms with van der Waals surface area (Å²) in [6.07, 6.45) is 7.42. The molecule has 0 aromatic carbocycles. The van der Waals surface area contributed by atoms with Gasteiger partial charge in [0.15, 0.2) is 0 Å². The molecule has 1 heterocycles. The Bertz CT molecular complexity index is 302. The number of alkyl halides is 1. The van der Waals surface area contributed by atoms with Crippen LogP contribution in [0.1, 0.15) is 45.4 Å². The molecule has 0 aromatic heterocycles. The quantitative estimate of drug-likeness (QED) is 0.810. The summed E-state index contributed by atoms with van der Waals surface area (Å²) in [6, 6.07) is 0.595. The fourth-order valence-electron chi connectivity index (χ4n) is 3.52. The largest absolute Gasteiger partial charge is 0.369 e. The van der Waals surface area contributed by atoms with E-state index in [4.69, 9.17) is 5.73 Å². The van der Waals surface area contributed by atoms with Crippen LogP contribution in [0.5, 0.6) is 0 Å². The zero-order valence-corrected chi connectivity index (χ0v) is 12.9. The molecule has 4 heteroatoms. The molecule has 18 heavy (non-hydrogen) atoms. The van der Waals surface area contributed by atoms with Crippen molar-refractivity contribution in [3.63, 3.8) is 0 Å². The van der Waals surface area contributed by atoms with Crippen LogP contribution in [0.3, 0.4) is 0 Å². The Morgan fingerprint density at radius 1 is 1.39 bits per heavy atom. The summed E-state index contributed by atoms with van der Waals surface area (Å²) in [5, 5.41) is 1.09. The number of hydrogen-bond donors (Lipinski definition) is 1. The predicted molar refractivity (Wildman–Crippen MR) is 77.6 cm³/mol. The Kier molecular flexibility index (Phi) is 4.70. The average molecular weight is 317 g/mol. The molecule has 2 fully saturated rings. The number of halogens is 1. The molecule has 2 atom stereocenters. The van der Waals surface area contributed by atoms with Crippen LogP contribution in [0.2, 0.25) is 0 Å². The van der Waals surface area contributed by atoms with Crippen molar-refractivity contribution in [2.75, 3.05) is 18.4 Å². The lowest BCUT2D eigenvalue weighted by molar-refractivity contribution is -0.124. The van der Waals surface area contributed by atoms with Crippen molar-refractivity contribution in [3.05, 3.63) is 0 Å². The van der Waals surface area contributed by atoms with E-state index in [1.807, 2.05) is 0 Å². The lowest BCUT2D eigenvalue weighted by Crippen LogP contribution is -2.49. The number of carbonyl (C=O) groups is 1. The third kappa shape index (κ3) is 3.08. The molecule has 104 valence electrons. The second-order valence-electron chi connectivity index (χ2n) is 6.30. The van der Waals surface area contributed by atoms with E-state index in [9.17, 15) is 4.79 Å². The van der Waals surface area contributed by atoms with Crippen molar-refractivity contribution in [2.24, 2.45) is 17.1 Å². The van der Waals surface area contributed by atoms with E-state index in [2.05, 4.69) is 27.8 Å². The fraction of sp³-hybridized carbons (Fsp3) is 0.929. The van der Waals surface area contributed by atoms with E-state index >= 15 is 0 Å². The van der Waals surface area contributed by atoms with Gasteiger partial charge in [0.25, 0.3) is 0 Å². The van der Waals surface area contributed by atoms with Gasteiger partial charge in [-0.25, -0.2) is 0 Å². The highest BCUT2D eigenvalue weighted by atomic mass is 79.9. The van der Waals surface area contributed by atoms with E-state index in [1.165, 1.54) is 25.7 Å². The van der Waals surface area contributed by atoms with Gasteiger partial charge in [-0.15, -0.1) is 0 Å². The minimum Gasteiger partial charge on any atom is -0.369 e. The van der Waals surface area contributed by atoms with Crippen LogP contribution in [0.15, 0.2) is 0 Å². The molecule has 0 spiro atoms. The van der Waals surface area contributed by atoms with Gasteiger partial charge in [0.05, 0.1) is 5.92 Å². The van der Waals surface area contributed by atoms with Crippen LogP contribution in [-0.4, -0.2) is 35.3 Å². The zero-order chi connectivity index (χ0) is 13.2. The van der Waals surface area contributed by atoms with Gasteiger partial charge in [0, 0.05) is 24.5 Å². The van der Waals surface area contributed by atoms with E-state index in [0.29, 0.717) is 11.5 Å². The number of likely N-dealkylation sites (tertiary alicyclic amines) is 1. The number of primary amides is 1. The number of nitrogens with zero attached hydrogens (tertiary/aromatic N) is 1. The molecule has 1 amide bonds. The maximum atomic E-state index is 11.4. The van der Waals surface area contributed by atoms with Crippen molar-refractivity contribution in [3.8, 4) is 0 Å². The van der Waals surface area contributed by atoms with Gasteiger partial charge in [0.2, 0.25) is 5.91 Å². The maximum absolute atomic E-state index is 11.4. The topological polar surface area (TPSA) is 46.3 Å². The summed E-state index contributed by atoms with van der Waals surface area (Å²) in [6.45, 7) is 4.28. The van der Waals surface area contributed by atoms with Gasteiger partial charge in [0.1, 0.15) is 0 Å². The summed E-state index contributed by atoms with van der Waals surface area (Å²) in [4.78, 5) is 13.9. The summed E-state index contributed by atoms with van der Waals surface area (Å²) in [5.74, 6) is -0.0545. The summed E-state index contributed by atoms with van der Waals surface area (Å²) in [5.41, 5.74) is 5.91. The molecule has 2 rings (SSSR count). The molecule has 2 N–H and O–H groups in total. The molecule has 0 bridgehead atoms. The van der Waals surface area contributed by atoms with Crippen LogP contribution in [0.4, 0.5) is 0 Å². The SMILES string of the molecule is CC1CCC(C(N)=O)CN1CC1(CBr)CCCC1. The third-order valence-electron chi connectivity index (χ3n) is 4.90. The molecule has 1 aliphatic heterocycles. The zero-order valence-electron chi connectivity index (χ0n) is 11.3. The predicted octanol–water partition coefficient (Wildman–Crippen LogP) is 2.53. The Balaban J connectivity index is 1.99. The minimum atomic E-state index is -0.119. The second-order valence-corrected chi connectivity index (χ2v) is 6.86. The smallest absolute Gasteiger partial charge is 0.221 e. The number of carbonyl (C=O) groups excluding carboxylic acids is 1. The van der Waals surface area contributed by atoms with E-state index in [1.54, 1.807) is 0 Å². The first-order valence-electron chi connectivity index (χ1n) is 7.16. The highest BCUT2D eigenvalue weighted by Crippen LogP contribution is 2.41. The van der Waals surface area contributed by atoms with Crippen LogP contribution in [0, 0.1) is 11.3 Å². The Morgan fingerprint density at radius 2 is 2.06 bits per heavy atom. The number of hydrogen-bond acceptors (Lipinski definition) is 2. The summed E-state index contributed by atoms with van der Waals surface area (Å²) < 4.78 is 0.